The first-order chi connectivity index (χ1) is 13.5. The van der Waals surface area contributed by atoms with Crippen LogP contribution in [-0.4, -0.2) is 53.7 Å². The van der Waals surface area contributed by atoms with Crippen molar-refractivity contribution in [2.45, 2.75) is 11.5 Å². The van der Waals surface area contributed by atoms with Gasteiger partial charge >= 0.3 is 0 Å². The van der Waals surface area contributed by atoms with Crippen LogP contribution >= 0.6 is 43.6 Å². The standard InChI is InChI=1S/C14H19Br2N7O3S2/c15-13-10(19-8-21-13)6-27-3-1-17-12(5-23(24)25)18-2-4-28(26)7-11-14(16)22-9-20-11/h5,8-9,17-18H,1-4,6-7H2,(H,19,21)(H,20,22). The summed E-state index contributed by atoms with van der Waals surface area (Å²) in [6, 6.07) is 0. The third-order valence-corrected chi connectivity index (χ3v) is 6.95. The molecular weight excluding hydrogens is 538 g/mol. The first-order valence-electron chi connectivity index (χ1n) is 8.07. The zero-order chi connectivity index (χ0) is 20.4. The summed E-state index contributed by atoms with van der Waals surface area (Å²) in [5.41, 5.74) is 1.76. The van der Waals surface area contributed by atoms with E-state index in [-0.39, 0.29) is 0 Å². The highest BCUT2D eigenvalue weighted by atomic mass is 79.9. The molecule has 4 N–H and O–H groups in total. The van der Waals surface area contributed by atoms with Crippen LogP contribution in [0.1, 0.15) is 11.4 Å². The molecule has 0 fully saturated rings. The summed E-state index contributed by atoms with van der Waals surface area (Å²) in [5, 5.41) is 16.7. The third-order valence-electron chi connectivity index (χ3n) is 3.32. The Morgan fingerprint density at radius 1 is 1.21 bits per heavy atom. The fourth-order valence-corrected chi connectivity index (χ4v) is 4.95. The van der Waals surface area contributed by atoms with Crippen molar-refractivity contribution in [3.63, 3.8) is 0 Å². The average Bonchev–Trinajstić information content (AvgIpc) is 3.22. The monoisotopic (exact) mass is 555 g/mol. The van der Waals surface area contributed by atoms with Crippen molar-refractivity contribution >= 4 is 54.4 Å². The van der Waals surface area contributed by atoms with E-state index in [0.29, 0.717) is 35.0 Å². The lowest BCUT2D eigenvalue weighted by molar-refractivity contribution is -0.404. The number of H-pyrrole nitrogens is 2. The van der Waals surface area contributed by atoms with Gasteiger partial charge in [-0.1, -0.05) is 0 Å². The Hall–Kier alpha value is -1.38. The summed E-state index contributed by atoms with van der Waals surface area (Å²) in [5.74, 6) is 2.50. The van der Waals surface area contributed by atoms with Gasteiger partial charge in [0.25, 0.3) is 6.20 Å². The van der Waals surface area contributed by atoms with Crippen molar-refractivity contribution in [3.05, 3.63) is 55.4 Å². The Kier molecular flexibility index (Phi) is 10.0. The number of nitro groups is 1. The molecule has 0 aromatic carbocycles. The van der Waals surface area contributed by atoms with Crippen LogP contribution in [0.3, 0.4) is 0 Å². The minimum atomic E-state index is -1.12. The molecule has 2 rings (SSSR count). The van der Waals surface area contributed by atoms with Crippen LogP contribution in [0.15, 0.2) is 33.9 Å². The number of rotatable bonds is 13. The molecule has 0 radical (unpaired) electrons. The molecule has 0 aliphatic carbocycles. The minimum Gasteiger partial charge on any atom is -0.366 e. The van der Waals surface area contributed by atoms with Gasteiger partial charge in [0.1, 0.15) is 9.21 Å². The van der Waals surface area contributed by atoms with E-state index in [9.17, 15) is 14.3 Å². The van der Waals surface area contributed by atoms with Gasteiger partial charge < -0.3 is 20.6 Å². The molecule has 0 saturated heterocycles. The molecule has 0 amide bonds. The molecule has 154 valence electrons. The van der Waals surface area contributed by atoms with Gasteiger partial charge in [-0.25, -0.2) is 9.97 Å². The number of hydrogen-bond donors (Lipinski definition) is 4. The fourth-order valence-electron chi connectivity index (χ4n) is 2.04. The Morgan fingerprint density at radius 3 is 2.46 bits per heavy atom. The van der Waals surface area contributed by atoms with Gasteiger partial charge in [-0.3, -0.25) is 14.3 Å². The third kappa shape index (κ3) is 8.32. The van der Waals surface area contributed by atoms with E-state index in [0.717, 1.165) is 33.7 Å². The van der Waals surface area contributed by atoms with Gasteiger partial charge in [0.2, 0.25) is 0 Å². The molecule has 0 aliphatic rings. The molecule has 1 unspecified atom stereocenters. The van der Waals surface area contributed by atoms with Crippen LogP contribution in [0.25, 0.3) is 0 Å². The van der Waals surface area contributed by atoms with Crippen molar-refractivity contribution in [1.29, 1.82) is 0 Å². The highest BCUT2D eigenvalue weighted by Crippen LogP contribution is 2.17. The summed E-state index contributed by atoms with van der Waals surface area (Å²) in [7, 11) is -1.12. The summed E-state index contributed by atoms with van der Waals surface area (Å²) in [6.07, 6.45) is 4.03. The maximum Gasteiger partial charge on any atom is 0.274 e. The molecular formula is C14H19Br2N7O3S2. The van der Waals surface area contributed by atoms with Crippen molar-refractivity contribution in [2.24, 2.45) is 0 Å². The number of halogens is 2. The quantitative estimate of drug-likeness (QED) is 0.167. The molecule has 1 atom stereocenters. The SMILES string of the molecule is O=[N+]([O-])C=C(NCCSCc1[nH]cnc1Br)NCCS(=O)Cc1[nH]cnc1Br. The molecule has 2 aromatic rings. The van der Waals surface area contributed by atoms with Gasteiger partial charge in [0, 0.05) is 41.1 Å². The second-order valence-corrected chi connectivity index (χ2v) is 9.55. The topological polar surface area (TPSA) is 142 Å². The maximum atomic E-state index is 12.1. The van der Waals surface area contributed by atoms with Crippen LogP contribution in [0, 0.1) is 10.1 Å². The van der Waals surface area contributed by atoms with E-state index < -0.39 is 15.7 Å². The van der Waals surface area contributed by atoms with Gasteiger partial charge in [0.15, 0.2) is 5.82 Å². The average molecular weight is 557 g/mol. The number of thioether (sulfide) groups is 1. The first-order valence-corrected chi connectivity index (χ1v) is 12.3. The lowest BCUT2D eigenvalue weighted by Gasteiger charge is -2.11. The number of nitrogens with one attached hydrogen (secondary N) is 4. The molecule has 0 spiro atoms. The highest BCUT2D eigenvalue weighted by molar-refractivity contribution is 9.10. The fraction of sp³-hybridized carbons (Fsp3) is 0.429. The molecule has 28 heavy (non-hydrogen) atoms. The summed E-state index contributed by atoms with van der Waals surface area (Å²) < 4.78 is 13.6. The summed E-state index contributed by atoms with van der Waals surface area (Å²) in [6.45, 7) is 0.895. The van der Waals surface area contributed by atoms with E-state index in [4.69, 9.17) is 0 Å². The van der Waals surface area contributed by atoms with Crippen LogP contribution in [0.2, 0.25) is 0 Å². The number of aromatic amines is 2. The van der Waals surface area contributed by atoms with Crippen molar-refractivity contribution < 1.29 is 9.13 Å². The van der Waals surface area contributed by atoms with E-state index in [1.54, 1.807) is 18.1 Å². The van der Waals surface area contributed by atoms with Crippen molar-refractivity contribution in [1.82, 2.24) is 30.6 Å². The molecule has 0 saturated carbocycles. The van der Waals surface area contributed by atoms with Crippen LogP contribution in [0.4, 0.5) is 0 Å². The number of imidazole rings is 2. The zero-order valence-corrected chi connectivity index (χ0v) is 19.4. The number of hydrogen-bond acceptors (Lipinski definition) is 8. The zero-order valence-electron chi connectivity index (χ0n) is 14.6. The van der Waals surface area contributed by atoms with Crippen molar-refractivity contribution in [2.75, 3.05) is 24.6 Å². The van der Waals surface area contributed by atoms with E-state index in [1.807, 2.05) is 0 Å². The van der Waals surface area contributed by atoms with E-state index in [2.05, 4.69) is 62.4 Å². The van der Waals surface area contributed by atoms with Gasteiger partial charge in [-0.05, 0) is 31.9 Å². The lowest BCUT2D eigenvalue weighted by Crippen LogP contribution is -2.31. The largest absolute Gasteiger partial charge is 0.366 e. The summed E-state index contributed by atoms with van der Waals surface area (Å²) >= 11 is 8.29. The predicted molar refractivity (Wildman–Crippen MR) is 117 cm³/mol. The van der Waals surface area contributed by atoms with Gasteiger partial charge in [-0.2, -0.15) is 11.8 Å². The molecule has 2 heterocycles. The Bertz CT molecular complexity index is 827. The van der Waals surface area contributed by atoms with Crippen molar-refractivity contribution in [3.8, 4) is 0 Å². The van der Waals surface area contributed by atoms with Crippen LogP contribution in [0.5, 0.6) is 0 Å². The Labute approximate surface area is 185 Å². The van der Waals surface area contributed by atoms with E-state index in [1.165, 1.54) is 6.33 Å². The maximum absolute atomic E-state index is 12.1. The highest BCUT2D eigenvalue weighted by Gasteiger charge is 2.09. The number of aromatic nitrogens is 4. The number of nitrogens with zero attached hydrogens (tertiary/aromatic N) is 3. The summed E-state index contributed by atoms with van der Waals surface area (Å²) in [4.78, 5) is 24.3. The van der Waals surface area contributed by atoms with Crippen LogP contribution < -0.4 is 10.6 Å². The lowest BCUT2D eigenvalue weighted by atomic mass is 10.6. The minimum absolute atomic E-state index is 0.299. The van der Waals surface area contributed by atoms with E-state index >= 15 is 0 Å². The molecule has 0 bridgehead atoms. The molecule has 10 nitrogen and oxygen atoms in total. The smallest absolute Gasteiger partial charge is 0.274 e. The normalized spacial score (nSPS) is 12.7. The van der Waals surface area contributed by atoms with Gasteiger partial charge in [-0.15, -0.1) is 0 Å². The molecule has 0 aliphatic heterocycles. The second kappa shape index (κ2) is 12.2. The Morgan fingerprint density at radius 2 is 1.86 bits per heavy atom. The van der Waals surface area contributed by atoms with Crippen LogP contribution in [-0.2, 0) is 22.3 Å². The first kappa shape index (κ1) is 22.9. The predicted octanol–water partition coefficient (Wildman–Crippen LogP) is 2.09. The Balaban J connectivity index is 1.68. The van der Waals surface area contributed by atoms with Gasteiger partial charge in [0.05, 0.1) is 34.7 Å². The second-order valence-electron chi connectivity index (χ2n) is 5.37. The molecule has 2 aromatic heterocycles. The molecule has 14 heteroatoms.